The molecule has 0 saturated heterocycles. The highest BCUT2D eigenvalue weighted by molar-refractivity contribution is 5.85. The number of halogens is 5. The third-order valence-corrected chi connectivity index (χ3v) is 1.80. The standard InChI is InChI=1S/C9H11F3N2O.2ClH/c10-9(11,12)15-7-3-1-6(2-4-7)8(14)5-13;;/h1-4,8H,5,13-14H2;2*1H/t8-;;/m0../s1. The van der Waals surface area contributed by atoms with E-state index in [2.05, 4.69) is 4.74 Å². The number of benzene rings is 1. The monoisotopic (exact) mass is 292 g/mol. The van der Waals surface area contributed by atoms with Crippen molar-refractivity contribution in [3.05, 3.63) is 29.8 Å². The van der Waals surface area contributed by atoms with E-state index in [1.165, 1.54) is 24.3 Å². The molecule has 0 aliphatic carbocycles. The van der Waals surface area contributed by atoms with Crippen molar-refractivity contribution in [2.75, 3.05) is 6.54 Å². The van der Waals surface area contributed by atoms with E-state index in [4.69, 9.17) is 11.5 Å². The summed E-state index contributed by atoms with van der Waals surface area (Å²) >= 11 is 0. The van der Waals surface area contributed by atoms with Crippen LogP contribution in [0.1, 0.15) is 11.6 Å². The van der Waals surface area contributed by atoms with E-state index >= 15 is 0 Å². The molecule has 0 fully saturated rings. The number of ether oxygens (including phenoxy) is 1. The summed E-state index contributed by atoms with van der Waals surface area (Å²) in [5.74, 6) is -0.268. The molecule has 8 heteroatoms. The molecule has 1 aromatic carbocycles. The maximum Gasteiger partial charge on any atom is 0.573 e. The molecular weight excluding hydrogens is 280 g/mol. The molecule has 17 heavy (non-hydrogen) atoms. The second-order valence-corrected chi connectivity index (χ2v) is 2.96. The molecule has 1 atom stereocenters. The largest absolute Gasteiger partial charge is 0.573 e. The molecule has 0 unspecified atom stereocenters. The molecule has 0 aliphatic heterocycles. The van der Waals surface area contributed by atoms with Crippen molar-refractivity contribution in [3.63, 3.8) is 0 Å². The Morgan fingerprint density at radius 3 is 1.94 bits per heavy atom. The third-order valence-electron chi connectivity index (χ3n) is 1.80. The molecule has 3 nitrogen and oxygen atoms in total. The van der Waals surface area contributed by atoms with Crippen LogP contribution in [0.4, 0.5) is 13.2 Å². The molecule has 1 aromatic rings. The summed E-state index contributed by atoms with van der Waals surface area (Å²) in [6.45, 7) is 0.236. The molecular formula is C9H13Cl2F3N2O. The zero-order chi connectivity index (χ0) is 11.5. The molecule has 0 amide bonds. The number of nitrogens with two attached hydrogens (primary N) is 2. The van der Waals surface area contributed by atoms with Gasteiger partial charge in [0.05, 0.1) is 0 Å². The van der Waals surface area contributed by atoms with Crippen LogP contribution < -0.4 is 16.2 Å². The lowest BCUT2D eigenvalue weighted by Crippen LogP contribution is -2.21. The molecule has 0 aliphatic rings. The number of hydrogen-bond acceptors (Lipinski definition) is 3. The van der Waals surface area contributed by atoms with Crippen molar-refractivity contribution in [1.29, 1.82) is 0 Å². The Hall–Kier alpha value is -0.690. The van der Waals surface area contributed by atoms with Gasteiger partial charge in [-0.05, 0) is 17.7 Å². The Bertz CT molecular complexity index is 319. The normalized spacial score (nSPS) is 12.1. The maximum atomic E-state index is 11.8. The van der Waals surface area contributed by atoms with Gasteiger partial charge in [-0.1, -0.05) is 12.1 Å². The third kappa shape index (κ3) is 6.58. The predicted molar refractivity (Wildman–Crippen MR) is 63.6 cm³/mol. The van der Waals surface area contributed by atoms with Gasteiger partial charge in [-0.3, -0.25) is 0 Å². The molecule has 100 valence electrons. The van der Waals surface area contributed by atoms with Crippen LogP contribution in [0.25, 0.3) is 0 Å². The fourth-order valence-corrected chi connectivity index (χ4v) is 1.05. The van der Waals surface area contributed by atoms with E-state index < -0.39 is 6.36 Å². The van der Waals surface area contributed by atoms with Gasteiger partial charge in [0.1, 0.15) is 5.75 Å². The van der Waals surface area contributed by atoms with E-state index in [0.29, 0.717) is 5.56 Å². The van der Waals surface area contributed by atoms with Crippen molar-refractivity contribution < 1.29 is 17.9 Å². The fraction of sp³-hybridized carbons (Fsp3) is 0.333. The van der Waals surface area contributed by atoms with Crippen LogP contribution in [0.2, 0.25) is 0 Å². The van der Waals surface area contributed by atoms with Gasteiger partial charge in [-0.2, -0.15) is 0 Å². The number of alkyl halides is 3. The fourth-order valence-electron chi connectivity index (χ4n) is 1.05. The van der Waals surface area contributed by atoms with E-state index in [-0.39, 0.29) is 43.2 Å². The molecule has 0 saturated carbocycles. The van der Waals surface area contributed by atoms with Gasteiger partial charge >= 0.3 is 6.36 Å². The lowest BCUT2D eigenvalue weighted by Gasteiger charge is -2.11. The number of rotatable bonds is 3. The van der Waals surface area contributed by atoms with Gasteiger partial charge in [-0.15, -0.1) is 38.0 Å². The quantitative estimate of drug-likeness (QED) is 0.899. The molecule has 1 rings (SSSR count). The van der Waals surface area contributed by atoms with Gasteiger partial charge in [0.25, 0.3) is 0 Å². The second-order valence-electron chi connectivity index (χ2n) is 2.96. The molecule has 0 heterocycles. The van der Waals surface area contributed by atoms with Crippen LogP contribution in [0.15, 0.2) is 24.3 Å². The Morgan fingerprint density at radius 1 is 1.12 bits per heavy atom. The average Bonchev–Trinajstić information content (AvgIpc) is 2.15. The topological polar surface area (TPSA) is 61.3 Å². The minimum Gasteiger partial charge on any atom is -0.406 e. The van der Waals surface area contributed by atoms with Crippen molar-refractivity contribution in [2.24, 2.45) is 11.5 Å². The molecule has 0 radical (unpaired) electrons. The highest BCUT2D eigenvalue weighted by Crippen LogP contribution is 2.23. The summed E-state index contributed by atoms with van der Waals surface area (Å²) in [7, 11) is 0. The maximum absolute atomic E-state index is 11.8. The SMILES string of the molecule is Cl.Cl.NC[C@H](N)c1ccc(OC(F)(F)F)cc1. The second kappa shape index (κ2) is 7.60. The van der Waals surface area contributed by atoms with Crippen molar-refractivity contribution in [3.8, 4) is 5.75 Å². The van der Waals surface area contributed by atoms with Gasteiger partial charge in [0, 0.05) is 12.6 Å². The summed E-state index contributed by atoms with van der Waals surface area (Å²) in [6, 6.07) is 4.96. The molecule has 4 N–H and O–H groups in total. The Balaban J connectivity index is 0. The van der Waals surface area contributed by atoms with Crippen molar-refractivity contribution in [1.82, 2.24) is 0 Å². The van der Waals surface area contributed by atoms with Crippen molar-refractivity contribution >= 4 is 24.8 Å². The zero-order valence-electron chi connectivity index (χ0n) is 8.61. The van der Waals surface area contributed by atoms with Gasteiger partial charge in [0.2, 0.25) is 0 Å². The smallest absolute Gasteiger partial charge is 0.406 e. The minimum atomic E-state index is -4.67. The lowest BCUT2D eigenvalue weighted by molar-refractivity contribution is -0.274. The highest BCUT2D eigenvalue weighted by atomic mass is 35.5. The van der Waals surface area contributed by atoms with E-state index in [1.807, 2.05) is 0 Å². The molecule has 0 aromatic heterocycles. The lowest BCUT2D eigenvalue weighted by atomic mass is 10.1. The highest BCUT2D eigenvalue weighted by Gasteiger charge is 2.30. The summed E-state index contributed by atoms with van der Waals surface area (Å²) in [4.78, 5) is 0. The molecule has 0 spiro atoms. The zero-order valence-corrected chi connectivity index (χ0v) is 10.2. The predicted octanol–water partition coefficient (Wildman–Crippen LogP) is 2.39. The van der Waals surface area contributed by atoms with E-state index in [1.54, 1.807) is 0 Å². The minimum absolute atomic E-state index is 0. The Kier molecular flexibility index (Phi) is 8.35. The summed E-state index contributed by atoms with van der Waals surface area (Å²) in [5.41, 5.74) is 11.6. The summed E-state index contributed by atoms with van der Waals surface area (Å²) < 4.78 is 39.1. The van der Waals surface area contributed by atoms with Crippen LogP contribution in [0, 0.1) is 0 Å². The van der Waals surface area contributed by atoms with Crippen LogP contribution in [-0.2, 0) is 0 Å². The molecule has 0 bridgehead atoms. The first-order valence-electron chi connectivity index (χ1n) is 4.24. The van der Waals surface area contributed by atoms with Crippen LogP contribution in [0.3, 0.4) is 0 Å². The van der Waals surface area contributed by atoms with Crippen LogP contribution in [0.5, 0.6) is 5.75 Å². The van der Waals surface area contributed by atoms with Gasteiger partial charge in [0.15, 0.2) is 0 Å². The van der Waals surface area contributed by atoms with Crippen molar-refractivity contribution in [2.45, 2.75) is 12.4 Å². The van der Waals surface area contributed by atoms with Gasteiger partial charge in [-0.25, -0.2) is 0 Å². The first kappa shape index (κ1) is 18.7. The number of hydrogen-bond donors (Lipinski definition) is 2. The van der Waals surface area contributed by atoms with E-state index in [9.17, 15) is 13.2 Å². The van der Waals surface area contributed by atoms with Crippen LogP contribution in [-0.4, -0.2) is 12.9 Å². The Labute approximate surface area is 109 Å². The van der Waals surface area contributed by atoms with E-state index in [0.717, 1.165) is 0 Å². The van der Waals surface area contributed by atoms with Gasteiger partial charge < -0.3 is 16.2 Å². The summed E-state index contributed by atoms with van der Waals surface area (Å²) in [6.07, 6.45) is -4.67. The first-order valence-corrected chi connectivity index (χ1v) is 4.24. The van der Waals surface area contributed by atoms with Crippen LogP contribution >= 0.6 is 24.8 Å². The average molecular weight is 293 g/mol. The summed E-state index contributed by atoms with van der Waals surface area (Å²) in [5, 5.41) is 0. The Morgan fingerprint density at radius 2 is 1.59 bits per heavy atom. The first-order chi connectivity index (χ1) is 6.92.